The molecule has 1 unspecified atom stereocenters. The first-order chi connectivity index (χ1) is 16.1. The molecule has 2 aromatic carbocycles. The lowest BCUT2D eigenvalue weighted by Gasteiger charge is -2.16. The average Bonchev–Trinajstić information content (AvgIpc) is 3.48. The lowest BCUT2D eigenvalue weighted by Crippen LogP contribution is -2.19. The Bertz CT molecular complexity index is 1210. The Labute approximate surface area is 203 Å². The monoisotopic (exact) mass is 504 g/mol. The molecule has 1 aliphatic rings. The van der Waals surface area contributed by atoms with Gasteiger partial charge >= 0.3 is 0 Å². The first-order valence-electron chi connectivity index (χ1n) is 11.6. The lowest BCUT2D eigenvalue weighted by molar-refractivity contribution is 0.331. The fourth-order valence-electron chi connectivity index (χ4n) is 4.46. The highest BCUT2D eigenvalue weighted by atomic mass is 79.9. The van der Waals surface area contributed by atoms with Gasteiger partial charge in [0.15, 0.2) is 0 Å². The van der Waals surface area contributed by atoms with Crippen LogP contribution < -0.4 is 10.6 Å². The molecule has 2 aromatic heterocycles. The highest BCUT2D eigenvalue weighted by Gasteiger charge is 2.13. The Balaban J connectivity index is 1.23. The SMILES string of the molecule is CC(Cc1c[nH]c2ccccc12)Nc1nc(Nc2ccc(CN3CCCC3)cc2)ncc1Br. The van der Waals surface area contributed by atoms with Crippen LogP contribution in [0.25, 0.3) is 10.9 Å². The highest BCUT2D eigenvalue weighted by Crippen LogP contribution is 2.25. The van der Waals surface area contributed by atoms with Crippen molar-refractivity contribution in [2.45, 2.75) is 38.8 Å². The number of halogens is 1. The molecule has 33 heavy (non-hydrogen) atoms. The predicted octanol–water partition coefficient (Wildman–Crippen LogP) is 6.10. The van der Waals surface area contributed by atoms with Crippen LogP contribution in [0, 0.1) is 0 Å². The van der Waals surface area contributed by atoms with Crippen molar-refractivity contribution in [2.24, 2.45) is 0 Å². The van der Waals surface area contributed by atoms with Gasteiger partial charge in [-0.1, -0.05) is 30.3 Å². The van der Waals surface area contributed by atoms with Crippen molar-refractivity contribution in [3.05, 3.63) is 76.5 Å². The number of H-pyrrole nitrogens is 1. The molecule has 6 nitrogen and oxygen atoms in total. The number of likely N-dealkylation sites (tertiary alicyclic amines) is 1. The molecule has 0 aliphatic carbocycles. The van der Waals surface area contributed by atoms with E-state index < -0.39 is 0 Å². The van der Waals surface area contributed by atoms with E-state index in [1.54, 1.807) is 6.20 Å². The quantitative estimate of drug-likeness (QED) is 0.270. The van der Waals surface area contributed by atoms with E-state index in [0.29, 0.717) is 5.95 Å². The van der Waals surface area contributed by atoms with Crippen LogP contribution in [-0.2, 0) is 13.0 Å². The minimum absolute atomic E-state index is 0.202. The van der Waals surface area contributed by atoms with Crippen LogP contribution in [0.4, 0.5) is 17.5 Å². The highest BCUT2D eigenvalue weighted by molar-refractivity contribution is 9.10. The summed E-state index contributed by atoms with van der Waals surface area (Å²) >= 11 is 3.59. The van der Waals surface area contributed by atoms with Crippen LogP contribution in [0.5, 0.6) is 0 Å². The van der Waals surface area contributed by atoms with Crippen molar-refractivity contribution in [1.29, 1.82) is 0 Å². The van der Waals surface area contributed by atoms with Gasteiger partial charge in [-0.3, -0.25) is 4.90 Å². The minimum Gasteiger partial charge on any atom is -0.366 e. The molecule has 1 aliphatic heterocycles. The Hall–Kier alpha value is -2.90. The van der Waals surface area contributed by atoms with Gasteiger partial charge in [0.1, 0.15) is 5.82 Å². The molecule has 1 fully saturated rings. The van der Waals surface area contributed by atoms with Crippen molar-refractivity contribution in [3.63, 3.8) is 0 Å². The summed E-state index contributed by atoms with van der Waals surface area (Å²) in [6, 6.07) is 17.2. The number of hydrogen-bond donors (Lipinski definition) is 3. The molecule has 0 radical (unpaired) electrons. The minimum atomic E-state index is 0.202. The fourth-order valence-corrected chi connectivity index (χ4v) is 4.77. The van der Waals surface area contributed by atoms with E-state index in [1.807, 2.05) is 0 Å². The number of benzene rings is 2. The fraction of sp³-hybridized carbons (Fsp3) is 0.308. The summed E-state index contributed by atoms with van der Waals surface area (Å²) in [6.07, 6.45) is 7.41. The Morgan fingerprint density at radius 1 is 1.09 bits per heavy atom. The first kappa shape index (κ1) is 21.9. The van der Waals surface area contributed by atoms with E-state index in [-0.39, 0.29) is 6.04 Å². The Morgan fingerprint density at radius 2 is 1.88 bits per heavy atom. The molecule has 3 N–H and O–H groups in total. The van der Waals surface area contributed by atoms with Gasteiger partial charge < -0.3 is 15.6 Å². The summed E-state index contributed by atoms with van der Waals surface area (Å²) in [5, 5.41) is 8.13. The molecular formula is C26H29BrN6. The molecule has 0 bridgehead atoms. The van der Waals surface area contributed by atoms with Crippen LogP contribution >= 0.6 is 15.9 Å². The van der Waals surface area contributed by atoms with Crippen molar-refractivity contribution >= 4 is 44.3 Å². The third-order valence-electron chi connectivity index (χ3n) is 6.14. The van der Waals surface area contributed by atoms with Crippen molar-refractivity contribution < 1.29 is 0 Å². The summed E-state index contributed by atoms with van der Waals surface area (Å²) in [5.74, 6) is 1.36. The topological polar surface area (TPSA) is 68.9 Å². The van der Waals surface area contributed by atoms with Gasteiger partial charge in [0, 0.05) is 41.6 Å². The summed E-state index contributed by atoms with van der Waals surface area (Å²) in [7, 11) is 0. The van der Waals surface area contributed by atoms with Crippen LogP contribution in [0.15, 0.2) is 65.4 Å². The van der Waals surface area contributed by atoms with Gasteiger partial charge in [-0.05, 0) is 84.5 Å². The van der Waals surface area contributed by atoms with Crippen LogP contribution in [0.3, 0.4) is 0 Å². The average molecular weight is 505 g/mol. The molecule has 1 atom stereocenters. The van der Waals surface area contributed by atoms with Crippen molar-refractivity contribution in [1.82, 2.24) is 19.9 Å². The zero-order valence-electron chi connectivity index (χ0n) is 18.8. The third-order valence-corrected chi connectivity index (χ3v) is 6.72. The zero-order valence-corrected chi connectivity index (χ0v) is 20.4. The Morgan fingerprint density at radius 3 is 2.70 bits per heavy atom. The van der Waals surface area contributed by atoms with Crippen LogP contribution in [0.1, 0.15) is 30.9 Å². The number of fused-ring (bicyclic) bond motifs is 1. The predicted molar refractivity (Wildman–Crippen MR) is 139 cm³/mol. The van der Waals surface area contributed by atoms with E-state index >= 15 is 0 Å². The van der Waals surface area contributed by atoms with Gasteiger partial charge in [0.2, 0.25) is 5.95 Å². The third kappa shape index (κ3) is 5.37. The molecule has 7 heteroatoms. The smallest absolute Gasteiger partial charge is 0.229 e. The largest absolute Gasteiger partial charge is 0.366 e. The van der Waals surface area contributed by atoms with Gasteiger partial charge in [-0.2, -0.15) is 4.98 Å². The van der Waals surface area contributed by atoms with Crippen molar-refractivity contribution in [2.75, 3.05) is 23.7 Å². The van der Waals surface area contributed by atoms with Gasteiger partial charge in [-0.25, -0.2) is 4.98 Å². The number of nitrogens with zero attached hydrogens (tertiary/aromatic N) is 3. The maximum absolute atomic E-state index is 4.71. The number of aromatic nitrogens is 3. The first-order valence-corrected chi connectivity index (χ1v) is 12.4. The van der Waals surface area contributed by atoms with Crippen molar-refractivity contribution in [3.8, 4) is 0 Å². The van der Waals surface area contributed by atoms with E-state index in [0.717, 1.165) is 28.9 Å². The lowest BCUT2D eigenvalue weighted by atomic mass is 10.1. The number of hydrogen-bond acceptors (Lipinski definition) is 5. The van der Waals surface area contributed by atoms with E-state index in [9.17, 15) is 0 Å². The number of para-hydroxylation sites is 1. The van der Waals surface area contributed by atoms with Crippen LogP contribution in [0.2, 0.25) is 0 Å². The van der Waals surface area contributed by atoms with Crippen LogP contribution in [-0.4, -0.2) is 39.0 Å². The molecule has 0 spiro atoms. The second-order valence-corrected chi connectivity index (χ2v) is 9.66. The zero-order chi connectivity index (χ0) is 22.6. The number of rotatable bonds is 8. The molecule has 3 heterocycles. The number of aromatic amines is 1. The molecule has 170 valence electrons. The maximum Gasteiger partial charge on any atom is 0.229 e. The van der Waals surface area contributed by atoms with E-state index in [4.69, 9.17) is 4.98 Å². The van der Waals surface area contributed by atoms with Gasteiger partial charge in [0.05, 0.1) is 4.47 Å². The molecule has 4 aromatic rings. The van der Waals surface area contributed by atoms with Gasteiger partial charge in [0.25, 0.3) is 0 Å². The standard InChI is InChI=1S/C26H29BrN6/c1-18(14-20-15-28-24-7-3-2-6-22(20)24)30-25-23(27)16-29-26(32-25)31-21-10-8-19(9-11-21)17-33-12-4-5-13-33/h2-3,6-11,15-16,18,28H,4-5,12-14,17H2,1H3,(H2,29,30,31,32). The second-order valence-electron chi connectivity index (χ2n) is 8.80. The summed E-state index contributed by atoms with van der Waals surface area (Å²) in [5.41, 5.74) is 4.79. The summed E-state index contributed by atoms with van der Waals surface area (Å²) in [6.45, 7) is 5.61. The second kappa shape index (κ2) is 9.93. The molecule has 1 saturated heterocycles. The van der Waals surface area contributed by atoms with E-state index in [2.05, 4.69) is 103 Å². The van der Waals surface area contributed by atoms with Gasteiger partial charge in [-0.15, -0.1) is 0 Å². The van der Waals surface area contributed by atoms with E-state index in [1.165, 1.54) is 48.0 Å². The summed E-state index contributed by atoms with van der Waals surface area (Å²) < 4.78 is 0.847. The normalized spacial score (nSPS) is 15.1. The maximum atomic E-state index is 4.71. The molecule has 0 amide bonds. The molecule has 0 saturated carbocycles. The number of anilines is 3. The molecule has 5 rings (SSSR count). The molecular weight excluding hydrogens is 476 g/mol. The Kier molecular flexibility index (Phi) is 6.60. The number of nitrogens with one attached hydrogen (secondary N) is 3. The summed E-state index contributed by atoms with van der Waals surface area (Å²) in [4.78, 5) is 15.0.